The molecule has 0 saturated heterocycles. The van der Waals surface area contributed by atoms with Crippen LogP contribution in [-0.2, 0) is 33.6 Å². The molecule has 0 aliphatic heterocycles. The van der Waals surface area contributed by atoms with Crippen molar-refractivity contribution in [2.45, 2.75) is 57.5 Å². The Balaban J connectivity index is 1.59. The van der Waals surface area contributed by atoms with Crippen LogP contribution in [0.25, 0.3) is 10.9 Å². The lowest BCUT2D eigenvalue weighted by atomic mass is 9.79. The largest absolute Gasteiger partial charge is 0.479 e. The van der Waals surface area contributed by atoms with Gasteiger partial charge in [0.1, 0.15) is 23.2 Å². The van der Waals surface area contributed by atoms with Gasteiger partial charge in [-0.05, 0) is 48.1 Å². The van der Waals surface area contributed by atoms with Crippen LogP contribution in [0.15, 0.2) is 36.4 Å². The van der Waals surface area contributed by atoms with Crippen molar-refractivity contribution in [3.05, 3.63) is 69.9 Å². The average molecular weight is 532 g/mol. The standard InChI is InChI=1S/C27H28ClF2N3O4/c1-3-14(2)23(32-22(34)10-15-6-4-5-7-20(15)30)25(35)33-27(26(36)37)9-8-21-18(13-27)17-11-16(29)12-19(28)24(17)31-21/h4-7,11-12,14,23,31H,3,8-10,13H2,1-2H3,(H,32,34)(H,33,35)(H,36,37)/t14?,23?,27-/m1/s1. The zero-order valence-corrected chi connectivity index (χ0v) is 21.2. The van der Waals surface area contributed by atoms with Gasteiger partial charge in [0.15, 0.2) is 0 Å². The summed E-state index contributed by atoms with van der Waals surface area (Å²) in [7, 11) is 0. The fourth-order valence-corrected chi connectivity index (χ4v) is 5.12. The first-order chi connectivity index (χ1) is 17.5. The molecule has 196 valence electrons. The zero-order valence-electron chi connectivity index (χ0n) is 20.5. The number of aryl methyl sites for hydroxylation is 1. The Labute approximate surface area is 217 Å². The van der Waals surface area contributed by atoms with Gasteiger partial charge in [-0.1, -0.05) is 50.1 Å². The third-order valence-corrected chi connectivity index (χ3v) is 7.49. The Morgan fingerprint density at radius 2 is 1.95 bits per heavy atom. The summed E-state index contributed by atoms with van der Waals surface area (Å²) in [6.45, 7) is 3.61. The third kappa shape index (κ3) is 5.32. The number of hydrogen-bond donors (Lipinski definition) is 4. The van der Waals surface area contributed by atoms with Crippen molar-refractivity contribution in [3.8, 4) is 0 Å². The molecule has 0 fully saturated rings. The van der Waals surface area contributed by atoms with E-state index in [1.165, 1.54) is 30.3 Å². The molecule has 2 aromatic carbocycles. The van der Waals surface area contributed by atoms with Crippen LogP contribution in [0, 0.1) is 17.6 Å². The maximum Gasteiger partial charge on any atom is 0.329 e. The first kappa shape index (κ1) is 26.6. The predicted molar refractivity (Wildman–Crippen MR) is 135 cm³/mol. The normalized spacial score (nSPS) is 18.6. The predicted octanol–water partition coefficient (Wildman–Crippen LogP) is 4.30. The van der Waals surface area contributed by atoms with Crippen LogP contribution < -0.4 is 10.6 Å². The van der Waals surface area contributed by atoms with Crippen molar-refractivity contribution in [2.75, 3.05) is 0 Å². The molecule has 0 saturated carbocycles. The smallest absolute Gasteiger partial charge is 0.329 e. The van der Waals surface area contributed by atoms with Crippen LogP contribution in [0.3, 0.4) is 0 Å². The minimum atomic E-state index is -1.67. The Morgan fingerprint density at radius 3 is 2.62 bits per heavy atom. The number of amides is 2. The highest BCUT2D eigenvalue weighted by Crippen LogP contribution is 2.37. The van der Waals surface area contributed by atoms with Crippen LogP contribution in [0.1, 0.15) is 43.5 Å². The number of hydrogen-bond acceptors (Lipinski definition) is 3. The number of halogens is 3. The second kappa shape index (κ2) is 10.5. The topological polar surface area (TPSA) is 111 Å². The Kier molecular flexibility index (Phi) is 7.54. The van der Waals surface area contributed by atoms with E-state index in [4.69, 9.17) is 11.6 Å². The summed E-state index contributed by atoms with van der Waals surface area (Å²) < 4.78 is 28.1. The summed E-state index contributed by atoms with van der Waals surface area (Å²) in [6, 6.07) is 7.31. The lowest BCUT2D eigenvalue weighted by Gasteiger charge is -2.36. The molecule has 4 rings (SSSR count). The maximum absolute atomic E-state index is 14.1. The van der Waals surface area contributed by atoms with Crippen molar-refractivity contribution in [2.24, 2.45) is 5.92 Å². The van der Waals surface area contributed by atoms with Gasteiger partial charge in [0.2, 0.25) is 11.8 Å². The number of aromatic amines is 1. The number of carbonyl (C=O) groups is 3. The lowest BCUT2D eigenvalue weighted by molar-refractivity contribution is -0.149. The van der Waals surface area contributed by atoms with Crippen molar-refractivity contribution in [3.63, 3.8) is 0 Å². The van der Waals surface area contributed by atoms with Gasteiger partial charge in [-0.2, -0.15) is 0 Å². The van der Waals surface area contributed by atoms with E-state index in [9.17, 15) is 28.3 Å². The van der Waals surface area contributed by atoms with E-state index >= 15 is 0 Å². The fourth-order valence-electron chi connectivity index (χ4n) is 4.87. The van der Waals surface area contributed by atoms with Crippen molar-refractivity contribution >= 4 is 40.3 Å². The van der Waals surface area contributed by atoms with Gasteiger partial charge < -0.3 is 20.7 Å². The van der Waals surface area contributed by atoms with Crippen molar-refractivity contribution in [1.29, 1.82) is 0 Å². The van der Waals surface area contributed by atoms with Crippen LogP contribution >= 0.6 is 11.6 Å². The summed E-state index contributed by atoms with van der Waals surface area (Å²) in [5.41, 5.74) is 0.355. The molecule has 0 bridgehead atoms. The maximum atomic E-state index is 14.1. The summed E-state index contributed by atoms with van der Waals surface area (Å²) >= 11 is 6.19. The molecule has 4 N–H and O–H groups in total. The highest BCUT2D eigenvalue weighted by Gasteiger charge is 2.45. The minimum absolute atomic E-state index is 0.0837. The molecular formula is C27H28ClF2N3O4. The number of carbonyl (C=O) groups excluding carboxylic acids is 2. The number of aromatic nitrogens is 1. The Hall–Kier alpha value is -3.46. The molecule has 7 nitrogen and oxygen atoms in total. The highest BCUT2D eigenvalue weighted by molar-refractivity contribution is 6.35. The molecule has 3 aromatic rings. The number of aliphatic carboxylic acids is 1. The molecule has 37 heavy (non-hydrogen) atoms. The number of rotatable bonds is 8. The lowest BCUT2D eigenvalue weighted by Crippen LogP contribution is -2.62. The fraction of sp³-hybridized carbons (Fsp3) is 0.370. The molecular weight excluding hydrogens is 504 g/mol. The van der Waals surface area contributed by atoms with Crippen LogP contribution in [0.5, 0.6) is 0 Å². The van der Waals surface area contributed by atoms with Gasteiger partial charge in [-0.3, -0.25) is 9.59 Å². The molecule has 2 amide bonds. The van der Waals surface area contributed by atoms with E-state index in [1.54, 1.807) is 13.0 Å². The molecule has 1 heterocycles. The molecule has 1 aromatic heterocycles. The van der Waals surface area contributed by atoms with Crippen LogP contribution in [0.4, 0.5) is 8.78 Å². The van der Waals surface area contributed by atoms with Crippen LogP contribution in [-0.4, -0.2) is 39.5 Å². The Morgan fingerprint density at radius 1 is 1.22 bits per heavy atom. The number of fused-ring (bicyclic) bond motifs is 3. The molecule has 3 atom stereocenters. The zero-order chi connectivity index (χ0) is 26.9. The summed E-state index contributed by atoms with van der Waals surface area (Å²) in [4.78, 5) is 41.8. The molecule has 2 unspecified atom stereocenters. The van der Waals surface area contributed by atoms with Crippen LogP contribution in [0.2, 0.25) is 5.02 Å². The number of carboxylic acids is 1. The van der Waals surface area contributed by atoms with Crippen molar-refractivity contribution < 1.29 is 28.3 Å². The third-order valence-electron chi connectivity index (χ3n) is 7.19. The summed E-state index contributed by atoms with van der Waals surface area (Å²) in [5.74, 6) is -3.84. The van der Waals surface area contributed by atoms with Gasteiger partial charge in [0.05, 0.1) is 17.0 Å². The second-order valence-electron chi connectivity index (χ2n) is 9.64. The van der Waals surface area contributed by atoms with E-state index in [1.807, 2.05) is 6.92 Å². The molecule has 10 heteroatoms. The molecule has 1 aliphatic rings. The molecule has 1 aliphatic carbocycles. The summed E-state index contributed by atoms with van der Waals surface area (Å²) in [6.07, 6.45) is 0.566. The minimum Gasteiger partial charge on any atom is -0.479 e. The van der Waals surface area contributed by atoms with E-state index in [0.29, 0.717) is 29.3 Å². The van der Waals surface area contributed by atoms with Gasteiger partial charge in [-0.15, -0.1) is 0 Å². The SMILES string of the molecule is CCC(C)C(NC(=O)Cc1ccccc1F)C(=O)N[C@]1(C(=O)O)CCc2[nH]c3c(Cl)cc(F)cc3c2C1. The van der Waals surface area contributed by atoms with Crippen molar-refractivity contribution in [1.82, 2.24) is 15.6 Å². The van der Waals surface area contributed by atoms with Gasteiger partial charge >= 0.3 is 5.97 Å². The first-order valence-corrected chi connectivity index (χ1v) is 12.5. The number of nitrogens with one attached hydrogen (secondary N) is 3. The van der Waals surface area contributed by atoms with E-state index in [0.717, 1.165) is 5.69 Å². The monoisotopic (exact) mass is 531 g/mol. The first-order valence-electron chi connectivity index (χ1n) is 12.1. The Bertz CT molecular complexity index is 1380. The van der Waals surface area contributed by atoms with E-state index < -0.39 is 41.0 Å². The van der Waals surface area contributed by atoms with Gasteiger partial charge in [-0.25, -0.2) is 13.6 Å². The summed E-state index contributed by atoms with van der Waals surface area (Å²) in [5, 5.41) is 16.2. The number of H-pyrrole nitrogens is 1. The van der Waals surface area contributed by atoms with E-state index in [-0.39, 0.29) is 35.8 Å². The van der Waals surface area contributed by atoms with Gasteiger partial charge in [0.25, 0.3) is 0 Å². The second-order valence-corrected chi connectivity index (χ2v) is 10.1. The quantitative estimate of drug-likeness (QED) is 0.347. The highest BCUT2D eigenvalue weighted by atomic mass is 35.5. The van der Waals surface area contributed by atoms with E-state index in [2.05, 4.69) is 15.6 Å². The average Bonchev–Trinajstić information content (AvgIpc) is 3.21. The van der Waals surface area contributed by atoms with Gasteiger partial charge in [0, 0.05) is 17.5 Å². The molecule has 0 radical (unpaired) electrons. The number of benzene rings is 2. The molecule has 0 spiro atoms. The number of carboxylic acid groups (broad SMARTS) is 1.